The highest BCUT2D eigenvalue weighted by atomic mass is 32.1. The van der Waals surface area contributed by atoms with Gasteiger partial charge in [-0.3, -0.25) is 0 Å². The number of thiazole rings is 1. The molecule has 4 nitrogen and oxygen atoms in total. The Kier molecular flexibility index (Phi) is 3.41. The van der Waals surface area contributed by atoms with Crippen LogP contribution in [-0.2, 0) is 0 Å². The number of hydrogen-bond donors (Lipinski definition) is 2. The van der Waals surface area contributed by atoms with Gasteiger partial charge in [-0.05, 0) is 24.3 Å². The van der Waals surface area contributed by atoms with Crippen molar-refractivity contribution in [2.24, 2.45) is 0 Å². The first-order valence-corrected chi connectivity index (χ1v) is 7.10. The minimum absolute atomic E-state index is 0.192. The molecule has 0 atom stereocenters. The second-order valence-electron chi connectivity index (χ2n) is 4.47. The lowest BCUT2D eigenvalue weighted by molar-refractivity contribution is 0.0697. The zero-order valence-corrected chi connectivity index (χ0v) is 11.7. The molecule has 0 unspecified atom stereocenters. The summed E-state index contributed by atoms with van der Waals surface area (Å²) < 4.78 is 0. The van der Waals surface area contributed by atoms with Crippen molar-refractivity contribution in [3.63, 3.8) is 0 Å². The summed E-state index contributed by atoms with van der Waals surface area (Å²) in [5.41, 5.74) is 2.55. The van der Waals surface area contributed by atoms with Crippen molar-refractivity contribution < 1.29 is 15.0 Å². The molecule has 2 N–H and O–H groups in total. The number of carboxylic acids is 1. The normalized spacial score (nSPS) is 10.5. The second-order valence-corrected chi connectivity index (χ2v) is 5.33. The van der Waals surface area contributed by atoms with Crippen LogP contribution in [0.4, 0.5) is 0 Å². The van der Waals surface area contributed by atoms with E-state index < -0.39 is 5.97 Å². The molecule has 0 amide bonds. The fraction of sp³-hybridized carbons (Fsp3) is 0. The van der Waals surface area contributed by atoms with Gasteiger partial charge in [0.1, 0.15) is 10.8 Å². The Hall–Kier alpha value is -2.66. The van der Waals surface area contributed by atoms with Gasteiger partial charge in [-0.2, -0.15) is 0 Å². The SMILES string of the molecule is O=C(O)c1cccc(-c2csc(-c3cccc(O)c3)n2)c1. The highest BCUT2D eigenvalue weighted by Crippen LogP contribution is 2.30. The van der Waals surface area contributed by atoms with Crippen LogP contribution in [0.3, 0.4) is 0 Å². The van der Waals surface area contributed by atoms with Gasteiger partial charge in [0.25, 0.3) is 0 Å². The van der Waals surface area contributed by atoms with Crippen molar-refractivity contribution in [3.8, 4) is 27.6 Å². The zero-order valence-electron chi connectivity index (χ0n) is 10.9. The number of aromatic carboxylic acids is 1. The van der Waals surface area contributed by atoms with Crippen molar-refractivity contribution in [1.82, 2.24) is 4.98 Å². The van der Waals surface area contributed by atoms with Gasteiger partial charge in [0, 0.05) is 16.5 Å². The lowest BCUT2D eigenvalue weighted by Crippen LogP contribution is -1.95. The maximum absolute atomic E-state index is 11.0. The summed E-state index contributed by atoms with van der Waals surface area (Å²) in [6, 6.07) is 13.6. The van der Waals surface area contributed by atoms with Gasteiger partial charge in [-0.25, -0.2) is 9.78 Å². The maximum atomic E-state index is 11.0. The number of benzene rings is 2. The lowest BCUT2D eigenvalue weighted by atomic mass is 10.1. The predicted octanol–water partition coefficient (Wildman–Crippen LogP) is 3.88. The Morgan fingerprint density at radius 1 is 1.05 bits per heavy atom. The quantitative estimate of drug-likeness (QED) is 0.769. The largest absolute Gasteiger partial charge is 0.508 e. The molecule has 104 valence electrons. The molecule has 0 spiro atoms. The molecule has 0 bridgehead atoms. The van der Waals surface area contributed by atoms with E-state index in [1.54, 1.807) is 36.4 Å². The molecule has 21 heavy (non-hydrogen) atoms. The Bertz CT molecular complexity index is 811. The molecular formula is C16H11NO3S. The molecule has 2 aromatic carbocycles. The molecule has 5 heteroatoms. The molecule has 0 aliphatic heterocycles. The molecule has 0 aliphatic carbocycles. The second kappa shape index (κ2) is 5.38. The third kappa shape index (κ3) is 2.78. The minimum atomic E-state index is -0.958. The van der Waals surface area contributed by atoms with E-state index in [4.69, 9.17) is 5.11 Å². The number of rotatable bonds is 3. The van der Waals surface area contributed by atoms with Gasteiger partial charge >= 0.3 is 5.97 Å². The fourth-order valence-electron chi connectivity index (χ4n) is 1.99. The Labute approximate surface area is 125 Å². The number of hydrogen-bond acceptors (Lipinski definition) is 4. The highest BCUT2D eigenvalue weighted by molar-refractivity contribution is 7.13. The molecule has 3 rings (SSSR count). The molecule has 1 heterocycles. The third-order valence-corrected chi connectivity index (χ3v) is 3.89. The van der Waals surface area contributed by atoms with E-state index in [2.05, 4.69) is 4.98 Å². The molecule has 0 aliphatic rings. The number of phenols is 1. The lowest BCUT2D eigenvalue weighted by Gasteiger charge is -1.99. The average molecular weight is 297 g/mol. The van der Waals surface area contributed by atoms with Crippen LogP contribution in [-0.4, -0.2) is 21.2 Å². The molecule has 0 saturated carbocycles. The van der Waals surface area contributed by atoms with E-state index in [9.17, 15) is 9.90 Å². The molecular weight excluding hydrogens is 286 g/mol. The van der Waals surface area contributed by atoms with Crippen LogP contribution in [0, 0.1) is 0 Å². The number of nitrogens with zero attached hydrogens (tertiary/aromatic N) is 1. The van der Waals surface area contributed by atoms with Gasteiger partial charge in [-0.15, -0.1) is 11.3 Å². The smallest absolute Gasteiger partial charge is 0.335 e. The van der Waals surface area contributed by atoms with Crippen LogP contribution in [0.25, 0.3) is 21.8 Å². The van der Waals surface area contributed by atoms with Gasteiger partial charge in [0.15, 0.2) is 0 Å². The van der Waals surface area contributed by atoms with Crippen molar-refractivity contribution in [2.75, 3.05) is 0 Å². The van der Waals surface area contributed by atoms with E-state index in [0.717, 1.165) is 21.8 Å². The summed E-state index contributed by atoms with van der Waals surface area (Å²) in [6.45, 7) is 0. The van der Waals surface area contributed by atoms with Gasteiger partial charge in [-0.1, -0.05) is 24.3 Å². The maximum Gasteiger partial charge on any atom is 0.335 e. The van der Waals surface area contributed by atoms with Crippen molar-refractivity contribution >= 4 is 17.3 Å². The number of aromatic hydroxyl groups is 1. The molecule has 1 aromatic heterocycles. The van der Waals surface area contributed by atoms with Crippen molar-refractivity contribution in [2.45, 2.75) is 0 Å². The zero-order chi connectivity index (χ0) is 14.8. The topological polar surface area (TPSA) is 70.4 Å². The Balaban J connectivity index is 1.98. The minimum Gasteiger partial charge on any atom is -0.508 e. The van der Waals surface area contributed by atoms with Gasteiger partial charge in [0.05, 0.1) is 11.3 Å². The van der Waals surface area contributed by atoms with Crippen molar-refractivity contribution in [3.05, 3.63) is 59.5 Å². The monoisotopic (exact) mass is 297 g/mol. The van der Waals surface area contributed by atoms with Crippen LogP contribution in [0.5, 0.6) is 5.75 Å². The molecule has 0 fully saturated rings. The van der Waals surface area contributed by atoms with Crippen molar-refractivity contribution in [1.29, 1.82) is 0 Å². The molecule has 0 saturated heterocycles. The summed E-state index contributed by atoms with van der Waals surface area (Å²) in [6.07, 6.45) is 0. The van der Waals surface area contributed by atoms with E-state index in [-0.39, 0.29) is 11.3 Å². The number of phenolic OH excluding ortho intramolecular Hbond substituents is 1. The van der Waals surface area contributed by atoms with Gasteiger partial charge in [0.2, 0.25) is 0 Å². The summed E-state index contributed by atoms with van der Waals surface area (Å²) in [4.78, 5) is 15.5. The first kappa shape index (κ1) is 13.3. The summed E-state index contributed by atoms with van der Waals surface area (Å²) >= 11 is 1.45. The average Bonchev–Trinajstić information content (AvgIpc) is 2.97. The summed E-state index contributed by atoms with van der Waals surface area (Å²) in [7, 11) is 0. The van der Waals surface area contributed by atoms with E-state index in [0.29, 0.717) is 0 Å². The molecule has 0 radical (unpaired) electrons. The standard InChI is InChI=1S/C16H11NO3S/c18-13-6-2-4-11(8-13)15-17-14(9-21-15)10-3-1-5-12(7-10)16(19)20/h1-9,18H,(H,19,20). The molecule has 3 aromatic rings. The third-order valence-electron chi connectivity index (χ3n) is 3.00. The van der Waals surface area contributed by atoms with Crippen LogP contribution in [0.2, 0.25) is 0 Å². The van der Waals surface area contributed by atoms with Crippen LogP contribution >= 0.6 is 11.3 Å². The number of carbonyl (C=O) groups is 1. The fourth-order valence-corrected chi connectivity index (χ4v) is 2.82. The Morgan fingerprint density at radius 2 is 1.81 bits per heavy atom. The summed E-state index contributed by atoms with van der Waals surface area (Å²) in [5, 5.41) is 21.2. The Morgan fingerprint density at radius 3 is 2.57 bits per heavy atom. The van der Waals surface area contributed by atoms with Crippen LogP contribution < -0.4 is 0 Å². The van der Waals surface area contributed by atoms with Crippen LogP contribution in [0.15, 0.2) is 53.9 Å². The first-order chi connectivity index (χ1) is 10.1. The first-order valence-electron chi connectivity index (χ1n) is 6.22. The number of aromatic nitrogens is 1. The predicted molar refractivity (Wildman–Crippen MR) is 81.6 cm³/mol. The summed E-state index contributed by atoms with van der Waals surface area (Å²) in [5.74, 6) is -0.766. The van der Waals surface area contributed by atoms with E-state index >= 15 is 0 Å². The van der Waals surface area contributed by atoms with Crippen LogP contribution in [0.1, 0.15) is 10.4 Å². The number of carboxylic acid groups (broad SMARTS) is 1. The van der Waals surface area contributed by atoms with Gasteiger partial charge < -0.3 is 10.2 Å². The highest BCUT2D eigenvalue weighted by Gasteiger charge is 2.09. The van der Waals surface area contributed by atoms with E-state index in [1.165, 1.54) is 11.3 Å². The van der Waals surface area contributed by atoms with E-state index in [1.807, 2.05) is 17.5 Å².